The normalized spacial score (nSPS) is 18.1. The van der Waals surface area contributed by atoms with E-state index in [4.69, 9.17) is 0 Å². The third-order valence-electron chi connectivity index (χ3n) is 3.43. The van der Waals surface area contributed by atoms with Crippen molar-refractivity contribution in [1.29, 1.82) is 0 Å². The van der Waals surface area contributed by atoms with E-state index in [2.05, 4.69) is 10.3 Å². The molecule has 1 aliphatic rings. The molecule has 1 aromatic heterocycles. The van der Waals surface area contributed by atoms with Crippen LogP contribution in [0, 0.1) is 12.8 Å². The predicted octanol–water partition coefficient (Wildman–Crippen LogP) is 1.21. The van der Waals surface area contributed by atoms with Gasteiger partial charge in [-0.1, -0.05) is 0 Å². The van der Waals surface area contributed by atoms with Gasteiger partial charge in [0, 0.05) is 12.4 Å². The van der Waals surface area contributed by atoms with Crippen molar-refractivity contribution in [3.63, 3.8) is 0 Å². The third kappa shape index (κ3) is 4.24. The Kier molecular flexibility index (Phi) is 4.94. The molecule has 5 nitrogen and oxygen atoms in total. The fourth-order valence-electron chi connectivity index (χ4n) is 2.28. The number of aromatic nitrogens is 1. The van der Waals surface area contributed by atoms with E-state index >= 15 is 0 Å². The Bertz CT molecular complexity index is 507. The molecule has 0 radical (unpaired) electrons. The minimum Gasteiger partial charge on any atom is -0.317 e. The molecule has 0 spiro atoms. The molecule has 0 unspecified atom stereocenters. The largest absolute Gasteiger partial charge is 0.317 e. The summed E-state index contributed by atoms with van der Waals surface area (Å²) in [6.07, 6.45) is 1.89. The monoisotopic (exact) mass is 303 g/mol. The lowest BCUT2D eigenvalue weighted by molar-refractivity contribution is 0.388. The summed E-state index contributed by atoms with van der Waals surface area (Å²) < 4.78 is 26.0. The Labute approximate surface area is 119 Å². The first kappa shape index (κ1) is 14.9. The van der Waals surface area contributed by atoms with Gasteiger partial charge >= 0.3 is 0 Å². The van der Waals surface area contributed by atoms with Gasteiger partial charge in [-0.25, -0.2) is 13.4 Å². The highest BCUT2D eigenvalue weighted by Crippen LogP contribution is 2.18. The molecule has 1 aliphatic heterocycles. The quantitative estimate of drug-likeness (QED) is 0.888. The maximum absolute atomic E-state index is 12.3. The Morgan fingerprint density at radius 3 is 2.74 bits per heavy atom. The second-order valence-electron chi connectivity index (χ2n) is 5.09. The zero-order chi connectivity index (χ0) is 13.9. The maximum Gasteiger partial charge on any atom is 0.214 e. The van der Waals surface area contributed by atoms with Crippen molar-refractivity contribution in [1.82, 2.24) is 14.6 Å². The first-order valence-corrected chi connectivity index (χ1v) is 9.02. The number of nitrogens with one attached hydrogen (secondary N) is 1. The van der Waals surface area contributed by atoms with Crippen LogP contribution in [-0.2, 0) is 16.6 Å². The highest BCUT2D eigenvalue weighted by atomic mass is 32.2. The lowest BCUT2D eigenvalue weighted by atomic mass is 10.0. The minimum atomic E-state index is -3.18. The van der Waals surface area contributed by atoms with Crippen molar-refractivity contribution >= 4 is 21.4 Å². The van der Waals surface area contributed by atoms with E-state index in [1.54, 1.807) is 18.4 Å². The highest BCUT2D eigenvalue weighted by molar-refractivity contribution is 7.89. The van der Waals surface area contributed by atoms with Crippen LogP contribution in [0.5, 0.6) is 0 Å². The topological polar surface area (TPSA) is 62.3 Å². The number of rotatable bonds is 5. The van der Waals surface area contributed by atoms with Gasteiger partial charge in [-0.2, -0.15) is 4.31 Å². The van der Waals surface area contributed by atoms with Crippen LogP contribution in [0.4, 0.5) is 0 Å². The van der Waals surface area contributed by atoms with Crippen molar-refractivity contribution in [2.75, 3.05) is 25.9 Å². The molecule has 7 heteroatoms. The Hall–Kier alpha value is -0.500. The van der Waals surface area contributed by atoms with E-state index in [0.717, 1.165) is 36.6 Å². The van der Waals surface area contributed by atoms with Gasteiger partial charge < -0.3 is 5.32 Å². The van der Waals surface area contributed by atoms with Gasteiger partial charge in [-0.05, 0) is 38.8 Å². The van der Waals surface area contributed by atoms with Crippen LogP contribution in [0.2, 0.25) is 0 Å². The summed E-state index contributed by atoms with van der Waals surface area (Å²) in [7, 11) is -1.53. The van der Waals surface area contributed by atoms with E-state index < -0.39 is 10.0 Å². The zero-order valence-corrected chi connectivity index (χ0v) is 13.1. The van der Waals surface area contributed by atoms with E-state index in [1.165, 1.54) is 4.31 Å². The van der Waals surface area contributed by atoms with E-state index in [9.17, 15) is 8.42 Å². The zero-order valence-electron chi connectivity index (χ0n) is 11.4. The van der Waals surface area contributed by atoms with Gasteiger partial charge in [0.2, 0.25) is 10.0 Å². The summed E-state index contributed by atoms with van der Waals surface area (Å²) in [6.45, 7) is 4.15. The molecular weight excluding hydrogens is 282 g/mol. The Balaban J connectivity index is 1.94. The van der Waals surface area contributed by atoms with Gasteiger partial charge in [0.05, 0.1) is 23.0 Å². The fraction of sp³-hybridized carbons (Fsp3) is 0.750. The third-order valence-corrected chi connectivity index (χ3v) is 6.22. The minimum absolute atomic E-state index is 0.258. The molecule has 1 aromatic rings. The molecule has 2 heterocycles. The number of nitrogens with zero attached hydrogens (tertiary/aromatic N) is 2. The molecule has 0 saturated carbocycles. The summed E-state index contributed by atoms with van der Waals surface area (Å²) in [6, 6.07) is 0. The fourth-order valence-corrected chi connectivity index (χ4v) is 4.40. The lowest BCUT2D eigenvalue weighted by Gasteiger charge is -2.25. The molecule has 108 valence electrons. The van der Waals surface area contributed by atoms with E-state index in [1.807, 2.05) is 12.3 Å². The van der Waals surface area contributed by atoms with Crippen molar-refractivity contribution < 1.29 is 8.42 Å². The van der Waals surface area contributed by atoms with E-state index in [0.29, 0.717) is 6.54 Å². The second-order valence-corrected chi connectivity index (χ2v) is 8.27. The van der Waals surface area contributed by atoms with Gasteiger partial charge in [-0.15, -0.1) is 11.3 Å². The molecule has 1 fully saturated rings. The van der Waals surface area contributed by atoms with Crippen LogP contribution in [0.15, 0.2) is 5.38 Å². The van der Waals surface area contributed by atoms with Crippen molar-refractivity contribution in [2.24, 2.45) is 5.92 Å². The number of sulfonamides is 1. The summed E-state index contributed by atoms with van der Waals surface area (Å²) in [5, 5.41) is 6.15. The van der Waals surface area contributed by atoms with Crippen LogP contribution in [0.25, 0.3) is 0 Å². The van der Waals surface area contributed by atoms with Crippen LogP contribution >= 0.6 is 11.3 Å². The number of aryl methyl sites for hydroxylation is 1. The average molecular weight is 303 g/mol. The molecule has 1 saturated heterocycles. The summed E-state index contributed by atoms with van der Waals surface area (Å²) in [5.74, 6) is 0.541. The SMILES string of the molecule is Cc1nc(CN(C)S(=O)(=O)CC2CCNCC2)cs1. The molecule has 0 atom stereocenters. The van der Waals surface area contributed by atoms with Gasteiger partial charge in [-0.3, -0.25) is 0 Å². The second kappa shape index (κ2) is 6.30. The van der Waals surface area contributed by atoms with Crippen LogP contribution < -0.4 is 5.32 Å². The average Bonchev–Trinajstić information content (AvgIpc) is 2.75. The first-order valence-electron chi connectivity index (χ1n) is 6.53. The maximum atomic E-state index is 12.3. The number of piperidine rings is 1. The standard InChI is InChI=1S/C12H21N3O2S2/c1-10-14-12(8-18-10)7-15(2)19(16,17)9-11-3-5-13-6-4-11/h8,11,13H,3-7,9H2,1-2H3. The lowest BCUT2D eigenvalue weighted by Crippen LogP contribution is -2.36. The molecule has 1 N–H and O–H groups in total. The van der Waals surface area contributed by atoms with Crippen molar-refractivity contribution in [3.8, 4) is 0 Å². The number of hydrogen-bond donors (Lipinski definition) is 1. The molecular formula is C12H21N3O2S2. The molecule has 19 heavy (non-hydrogen) atoms. The smallest absolute Gasteiger partial charge is 0.214 e. The number of thiazole rings is 1. The Morgan fingerprint density at radius 1 is 1.47 bits per heavy atom. The summed E-state index contributed by atoms with van der Waals surface area (Å²) in [4.78, 5) is 4.31. The first-order chi connectivity index (χ1) is 8.97. The molecule has 0 bridgehead atoms. The van der Waals surface area contributed by atoms with Crippen molar-refractivity contribution in [3.05, 3.63) is 16.1 Å². The van der Waals surface area contributed by atoms with Crippen LogP contribution in [0.1, 0.15) is 23.5 Å². The Morgan fingerprint density at radius 2 is 2.16 bits per heavy atom. The van der Waals surface area contributed by atoms with E-state index in [-0.39, 0.29) is 11.7 Å². The van der Waals surface area contributed by atoms with Gasteiger partial charge in [0.25, 0.3) is 0 Å². The van der Waals surface area contributed by atoms with Crippen molar-refractivity contribution in [2.45, 2.75) is 26.3 Å². The number of hydrogen-bond acceptors (Lipinski definition) is 5. The molecule has 0 aromatic carbocycles. The van der Waals surface area contributed by atoms with Gasteiger partial charge in [0.15, 0.2) is 0 Å². The van der Waals surface area contributed by atoms with Crippen LogP contribution in [0.3, 0.4) is 0 Å². The predicted molar refractivity (Wildman–Crippen MR) is 77.7 cm³/mol. The van der Waals surface area contributed by atoms with Gasteiger partial charge in [0.1, 0.15) is 0 Å². The molecule has 2 rings (SSSR count). The van der Waals surface area contributed by atoms with Crippen LogP contribution in [-0.4, -0.2) is 43.6 Å². The molecule has 0 amide bonds. The summed E-state index contributed by atoms with van der Waals surface area (Å²) >= 11 is 1.55. The molecule has 0 aliphatic carbocycles. The summed E-state index contributed by atoms with van der Waals surface area (Å²) in [5.41, 5.74) is 0.832. The highest BCUT2D eigenvalue weighted by Gasteiger charge is 2.25.